The minimum absolute atomic E-state index is 0.181. The highest BCUT2D eigenvalue weighted by molar-refractivity contribution is 7.99. The summed E-state index contributed by atoms with van der Waals surface area (Å²) in [4.78, 5) is 11.0. The lowest BCUT2D eigenvalue weighted by Gasteiger charge is -2.35. The molecule has 1 aliphatic rings. The zero-order chi connectivity index (χ0) is 20.9. The first-order chi connectivity index (χ1) is 14.1. The number of thioether (sulfide) groups is 1. The Morgan fingerprint density at radius 3 is 2.45 bits per heavy atom. The monoisotopic (exact) mass is 423 g/mol. The van der Waals surface area contributed by atoms with Gasteiger partial charge >= 0.3 is 0 Å². The number of piperazine rings is 1. The van der Waals surface area contributed by atoms with E-state index in [0.29, 0.717) is 5.92 Å². The van der Waals surface area contributed by atoms with Crippen molar-refractivity contribution < 1.29 is 4.39 Å². The van der Waals surface area contributed by atoms with Gasteiger partial charge in [-0.3, -0.25) is 4.99 Å². The van der Waals surface area contributed by atoms with Crippen LogP contribution in [0.25, 0.3) is 0 Å². The van der Waals surface area contributed by atoms with Crippen LogP contribution in [0.4, 0.5) is 4.39 Å². The van der Waals surface area contributed by atoms with Crippen LogP contribution in [0.3, 0.4) is 0 Å². The molecule has 5 nitrogen and oxygen atoms in total. The summed E-state index contributed by atoms with van der Waals surface area (Å²) in [5, 5.41) is 6.77. The van der Waals surface area contributed by atoms with Crippen LogP contribution in [0.2, 0.25) is 0 Å². The van der Waals surface area contributed by atoms with Crippen molar-refractivity contribution in [2.75, 3.05) is 64.7 Å². The number of rotatable bonds is 11. The van der Waals surface area contributed by atoms with Crippen LogP contribution >= 0.6 is 11.8 Å². The normalized spacial score (nSPS) is 17.3. The SMILES string of the molecule is CCNC(=NCC(C)CN1CCN(CC)CC1)NCCCSc1ccc(F)cc1. The highest BCUT2D eigenvalue weighted by Gasteiger charge is 2.17. The third-order valence-corrected chi connectivity index (χ3v) is 6.18. The zero-order valence-corrected chi connectivity index (χ0v) is 19.1. The number of guanidine groups is 1. The molecular weight excluding hydrogens is 385 g/mol. The molecule has 1 aromatic carbocycles. The second-order valence-corrected chi connectivity index (χ2v) is 8.81. The average molecular weight is 424 g/mol. The first-order valence-corrected chi connectivity index (χ1v) is 11.9. The van der Waals surface area contributed by atoms with Gasteiger partial charge in [0.25, 0.3) is 0 Å². The molecule has 1 unspecified atom stereocenters. The molecule has 0 bridgehead atoms. The summed E-state index contributed by atoms with van der Waals surface area (Å²) in [7, 11) is 0. The summed E-state index contributed by atoms with van der Waals surface area (Å²) in [5.41, 5.74) is 0. The smallest absolute Gasteiger partial charge is 0.191 e. The van der Waals surface area contributed by atoms with Gasteiger partial charge in [-0.15, -0.1) is 11.8 Å². The standard InChI is InChI=1S/C22H38FN5S/c1-4-24-22(25-11-6-16-29-21-9-7-20(23)8-10-21)26-17-19(3)18-28-14-12-27(5-2)13-15-28/h7-10,19H,4-6,11-18H2,1-3H3,(H2,24,25,26). The summed E-state index contributed by atoms with van der Waals surface area (Å²) in [6.07, 6.45) is 1.03. The van der Waals surface area contributed by atoms with E-state index in [4.69, 9.17) is 4.99 Å². The van der Waals surface area contributed by atoms with Crippen molar-refractivity contribution in [1.29, 1.82) is 0 Å². The van der Waals surface area contributed by atoms with Gasteiger partial charge in [0.15, 0.2) is 5.96 Å². The number of likely N-dealkylation sites (N-methyl/N-ethyl adjacent to an activating group) is 1. The Kier molecular flexibility index (Phi) is 11.4. The molecule has 1 fully saturated rings. The van der Waals surface area contributed by atoms with Crippen molar-refractivity contribution in [3.8, 4) is 0 Å². The Balaban J connectivity index is 1.64. The summed E-state index contributed by atoms with van der Waals surface area (Å²) < 4.78 is 12.9. The largest absolute Gasteiger partial charge is 0.357 e. The summed E-state index contributed by atoms with van der Waals surface area (Å²) in [5.74, 6) is 2.27. The van der Waals surface area contributed by atoms with E-state index < -0.39 is 0 Å². The fourth-order valence-corrected chi connectivity index (χ4v) is 4.23. The fraction of sp³-hybridized carbons (Fsp3) is 0.682. The molecule has 1 atom stereocenters. The van der Waals surface area contributed by atoms with Gasteiger partial charge in [-0.1, -0.05) is 13.8 Å². The van der Waals surface area contributed by atoms with Gasteiger partial charge in [-0.25, -0.2) is 4.39 Å². The Labute approximate surface area is 180 Å². The van der Waals surface area contributed by atoms with E-state index in [1.54, 1.807) is 11.8 Å². The first kappa shape index (κ1) is 24.0. The number of benzene rings is 1. The van der Waals surface area contributed by atoms with Crippen LogP contribution in [-0.2, 0) is 0 Å². The van der Waals surface area contributed by atoms with Gasteiger partial charge in [0.2, 0.25) is 0 Å². The van der Waals surface area contributed by atoms with E-state index in [0.717, 1.165) is 55.8 Å². The van der Waals surface area contributed by atoms with E-state index in [1.165, 1.54) is 38.3 Å². The molecule has 0 spiro atoms. The topological polar surface area (TPSA) is 42.9 Å². The third kappa shape index (κ3) is 9.83. The van der Waals surface area contributed by atoms with E-state index in [-0.39, 0.29) is 5.82 Å². The van der Waals surface area contributed by atoms with Crippen molar-refractivity contribution in [2.45, 2.75) is 32.1 Å². The molecule has 1 aromatic rings. The van der Waals surface area contributed by atoms with E-state index in [9.17, 15) is 4.39 Å². The lowest BCUT2D eigenvalue weighted by Crippen LogP contribution is -2.47. The van der Waals surface area contributed by atoms with E-state index in [1.807, 2.05) is 12.1 Å². The summed E-state index contributed by atoms with van der Waals surface area (Å²) in [6, 6.07) is 6.70. The predicted molar refractivity (Wildman–Crippen MR) is 123 cm³/mol. The van der Waals surface area contributed by atoms with Crippen molar-refractivity contribution in [3.63, 3.8) is 0 Å². The highest BCUT2D eigenvalue weighted by atomic mass is 32.2. The zero-order valence-electron chi connectivity index (χ0n) is 18.3. The van der Waals surface area contributed by atoms with Gasteiger partial charge in [-0.2, -0.15) is 0 Å². The van der Waals surface area contributed by atoms with Crippen LogP contribution in [0.15, 0.2) is 34.2 Å². The molecule has 0 saturated carbocycles. The molecule has 1 heterocycles. The second-order valence-electron chi connectivity index (χ2n) is 7.64. The van der Waals surface area contributed by atoms with Crippen LogP contribution in [0, 0.1) is 11.7 Å². The Morgan fingerprint density at radius 2 is 1.79 bits per heavy atom. The maximum atomic E-state index is 12.9. The molecule has 0 amide bonds. The number of hydrogen-bond acceptors (Lipinski definition) is 4. The lowest BCUT2D eigenvalue weighted by atomic mass is 10.1. The van der Waals surface area contributed by atoms with Gasteiger partial charge in [0.05, 0.1) is 0 Å². The fourth-order valence-electron chi connectivity index (χ4n) is 3.38. The molecule has 0 aliphatic carbocycles. The number of hydrogen-bond donors (Lipinski definition) is 2. The maximum Gasteiger partial charge on any atom is 0.191 e. The van der Waals surface area contributed by atoms with Gasteiger partial charge in [0, 0.05) is 57.3 Å². The molecule has 2 rings (SSSR count). The molecule has 1 saturated heterocycles. The molecule has 164 valence electrons. The summed E-state index contributed by atoms with van der Waals surface area (Å²) >= 11 is 1.76. The number of aliphatic imine (C=N–C) groups is 1. The third-order valence-electron chi connectivity index (χ3n) is 5.08. The van der Waals surface area contributed by atoms with Gasteiger partial charge < -0.3 is 20.4 Å². The molecule has 2 N–H and O–H groups in total. The number of nitrogens with zero attached hydrogens (tertiary/aromatic N) is 3. The minimum Gasteiger partial charge on any atom is -0.357 e. The first-order valence-electron chi connectivity index (χ1n) is 11.0. The van der Waals surface area contributed by atoms with Crippen LogP contribution in [-0.4, -0.2) is 80.4 Å². The Hall–Kier alpha value is -1.31. The average Bonchev–Trinajstić information content (AvgIpc) is 2.73. The van der Waals surface area contributed by atoms with Crippen LogP contribution in [0.1, 0.15) is 27.2 Å². The van der Waals surface area contributed by atoms with Gasteiger partial charge in [-0.05, 0) is 55.8 Å². The van der Waals surface area contributed by atoms with Crippen LogP contribution in [0.5, 0.6) is 0 Å². The Morgan fingerprint density at radius 1 is 1.10 bits per heavy atom. The molecule has 0 aromatic heterocycles. The molecular formula is C22H38FN5S. The van der Waals surface area contributed by atoms with Crippen molar-refractivity contribution >= 4 is 17.7 Å². The van der Waals surface area contributed by atoms with Crippen molar-refractivity contribution in [2.24, 2.45) is 10.9 Å². The number of halogens is 1. The predicted octanol–water partition coefficient (Wildman–Crippen LogP) is 3.14. The quantitative estimate of drug-likeness (QED) is 0.248. The number of nitrogens with one attached hydrogen (secondary N) is 2. The molecule has 1 aliphatic heterocycles. The maximum absolute atomic E-state index is 12.9. The second kappa shape index (κ2) is 13.8. The van der Waals surface area contributed by atoms with E-state index >= 15 is 0 Å². The Bertz CT molecular complexity index is 587. The van der Waals surface area contributed by atoms with E-state index in [2.05, 4.69) is 41.2 Å². The highest BCUT2D eigenvalue weighted by Crippen LogP contribution is 2.18. The van der Waals surface area contributed by atoms with Crippen molar-refractivity contribution in [3.05, 3.63) is 30.1 Å². The molecule has 0 radical (unpaired) electrons. The van der Waals surface area contributed by atoms with Crippen molar-refractivity contribution in [1.82, 2.24) is 20.4 Å². The van der Waals surface area contributed by atoms with Gasteiger partial charge in [0.1, 0.15) is 5.82 Å². The summed E-state index contributed by atoms with van der Waals surface area (Å²) in [6.45, 7) is 16.2. The molecule has 29 heavy (non-hydrogen) atoms. The minimum atomic E-state index is -0.181. The van der Waals surface area contributed by atoms with Crippen LogP contribution < -0.4 is 10.6 Å². The lowest BCUT2D eigenvalue weighted by molar-refractivity contribution is 0.125. The molecule has 7 heteroatoms.